The molecule has 0 aromatic heterocycles. The van der Waals surface area contributed by atoms with Gasteiger partial charge in [0.1, 0.15) is 5.76 Å². The summed E-state index contributed by atoms with van der Waals surface area (Å²) in [5, 5.41) is 7.19. The molecular formula is C13H19NO. The predicted octanol–water partition coefficient (Wildman–Crippen LogP) is 3.47. The van der Waals surface area contributed by atoms with Gasteiger partial charge in [0, 0.05) is 0 Å². The Kier molecular flexibility index (Phi) is 5.52. The molecule has 0 aliphatic heterocycles. The van der Waals surface area contributed by atoms with Gasteiger partial charge in [-0.05, 0) is 38.2 Å². The van der Waals surface area contributed by atoms with Crippen LogP contribution in [-0.2, 0) is 4.74 Å². The van der Waals surface area contributed by atoms with E-state index in [2.05, 4.69) is 12.2 Å². The molecule has 1 unspecified atom stereocenters. The summed E-state index contributed by atoms with van der Waals surface area (Å²) >= 11 is 0. The van der Waals surface area contributed by atoms with E-state index in [-0.39, 0.29) is 0 Å². The zero-order valence-electron chi connectivity index (χ0n) is 9.28. The van der Waals surface area contributed by atoms with Crippen LogP contribution in [0, 0.1) is 11.3 Å². The number of hydrogen-bond donors (Lipinski definition) is 1. The maximum absolute atomic E-state index is 7.19. The Morgan fingerprint density at radius 3 is 3.00 bits per heavy atom. The van der Waals surface area contributed by atoms with Gasteiger partial charge in [-0.3, -0.25) is 0 Å². The summed E-state index contributed by atoms with van der Waals surface area (Å²) in [4.78, 5) is 0. The molecule has 2 nitrogen and oxygen atoms in total. The molecule has 0 radical (unpaired) electrons. The van der Waals surface area contributed by atoms with Crippen LogP contribution in [0.4, 0.5) is 0 Å². The molecule has 0 saturated heterocycles. The first-order chi connectivity index (χ1) is 7.36. The van der Waals surface area contributed by atoms with Gasteiger partial charge in [-0.25, -0.2) is 0 Å². The summed E-state index contributed by atoms with van der Waals surface area (Å²) < 4.78 is 5.57. The summed E-state index contributed by atoms with van der Waals surface area (Å²) in [7, 11) is 0. The standard InChI is InChI=1S/C13H19NO/c1-2-3-9-13(10-14)15-11-12-7-5-4-6-8-12/h2-5,9-10,12,14H,6-8,11H2,1H3/b3-2+,13-9+,14-10?. The highest BCUT2D eigenvalue weighted by Crippen LogP contribution is 2.18. The number of hydrogen-bond acceptors (Lipinski definition) is 2. The molecule has 1 rings (SSSR count). The molecule has 15 heavy (non-hydrogen) atoms. The Balaban J connectivity index is 2.33. The van der Waals surface area contributed by atoms with Crippen molar-refractivity contribution < 1.29 is 4.74 Å². The number of allylic oxidation sites excluding steroid dienone is 6. The van der Waals surface area contributed by atoms with E-state index in [1.807, 2.05) is 25.2 Å². The van der Waals surface area contributed by atoms with Crippen LogP contribution in [0.15, 0.2) is 36.1 Å². The molecule has 0 heterocycles. The summed E-state index contributed by atoms with van der Waals surface area (Å²) in [6, 6.07) is 0. The predicted molar refractivity (Wildman–Crippen MR) is 64.1 cm³/mol. The Bertz CT molecular complexity index is 276. The first kappa shape index (κ1) is 11.8. The molecular weight excluding hydrogens is 186 g/mol. The highest BCUT2D eigenvalue weighted by molar-refractivity contribution is 5.73. The van der Waals surface area contributed by atoms with Crippen LogP contribution in [0.5, 0.6) is 0 Å². The fraction of sp³-hybridized carbons (Fsp3) is 0.462. The van der Waals surface area contributed by atoms with Gasteiger partial charge < -0.3 is 10.1 Å². The van der Waals surface area contributed by atoms with E-state index in [1.165, 1.54) is 12.6 Å². The van der Waals surface area contributed by atoms with Crippen LogP contribution in [0.3, 0.4) is 0 Å². The molecule has 1 N–H and O–H groups in total. The van der Waals surface area contributed by atoms with Gasteiger partial charge in [0.2, 0.25) is 0 Å². The quantitative estimate of drug-likeness (QED) is 0.317. The fourth-order valence-electron chi connectivity index (χ4n) is 1.55. The van der Waals surface area contributed by atoms with Gasteiger partial charge >= 0.3 is 0 Å². The lowest BCUT2D eigenvalue weighted by Gasteiger charge is -2.18. The largest absolute Gasteiger partial charge is 0.492 e. The molecule has 82 valence electrons. The molecule has 0 aromatic carbocycles. The van der Waals surface area contributed by atoms with Crippen molar-refractivity contribution in [1.82, 2.24) is 0 Å². The highest BCUT2D eigenvalue weighted by Gasteiger charge is 2.10. The highest BCUT2D eigenvalue weighted by atomic mass is 16.5. The van der Waals surface area contributed by atoms with E-state index in [4.69, 9.17) is 10.1 Å². The zero-order valence-corrected chi connectivity index (χ0v) is 9.28. The lowest BCUT2D eigenvalue weighted by molar-refractivity contribution is 0.174. The van der Waals surface area contributed by atoms with Crippen molar-refractivity contribution >= 4 is 6.21 Å². The van der Waals surface area contributed by atoms with Gasteiger partial charge in [0.15, 0.2) is 0 Å². The van der Waals surface area contributed by atoms with Gasteiger partial charge in [-0.15, -0.1) is 0 Å². The minimum atomic E-state index is 0.615. The summed E-state index contributed by atoms with van der Waals surface area (Å²) in [5.74, 6) is 1.26. The number of ether oxygens (including phenoxy) is 1. The van der Waals surface area contributed by atoms with Crippen molar-refractivity contribution in [3.63, 3.8) is 0 Å². The molecule has 0 spiro atoms. The maximum Gasteiger partial charge on any atom is 0.136 e. The summed E-state index contributed by atoms with van der Waals surface area (Å²) in [5.41, 5.74) is 0. The fourth-order valence-corrected chi connectivity index (χ4v) is 1.55. The first-order valence-electron chi connectivity index (χ1n) is 5.48. The molecule has 1 aliphatic carbocycles. The van der Waals surface area contributed by atoms with Crippen LogP contribution < -0.4 is 0 Å². The van der Waals surface area contributed by atoms with Crippen molar-refractivity contribution in [3.05, 3.63) is 36.1 Å². The maximum atomic E-state index is 7.19. The van der Waals surface area contributed by atoms with Crippen molar-refractivity contribution in [2.75, 3.05) is 6.61 Å². The van der Waals surface area contributed by atoms with Crippen molar-refractivity contribution in [2.24, 2.45) is 5.92 Å². The second kappa shape index (κ2) is 7.04. The lowest BCUT2D eigenvalue weighted by atomic mass is 9.95. The minimum Gasteiger partial charge on any atom is -0.492 e. The van der Waals surface area contributed by atoms with Crippen molar-refractivity contribution in [2.45, 2.75) is 26.2 Å². The minimum absolute atomic E-state index is 0.615. The molecule has 1 atom stereocenters. The SMILES string of the molecule is C/C=C/C=C(\C=N)OCC1CC=CCC1. The Morgan fingerprint density at radius 2 is 2.40 bits per heavy atom. The van der Waals surface area contributed by atoms with E-state index < -0.39 is 0 Å². The summed E-state index contributed by atoms with van der Waals surface area (Å²) in [6.45, 7) is 2.67. The van der Waals surface area contributed by atoms with E-state index in [1.54, 1.807) is 0 Å². The molecule has 0 bridgehead atoms. The average molecular weight is 205 g/mol. The lowest BCUT2D eigenvalue weighted by Crippen LogP contribution is -2.11. The Morgan fingerprint density at radius 1 is 1.53 bits per heavy atom. The van der Waals surface area contributed by atoms with Crippen LogP contribution >= 0.6 is 0 Å². The third-order valence-electron chi connectivity index (χ3n) is 2.46. The third kappa shape index (κ3) is 4.63. The number of nitrogens with one attached hydrogen (secondary N) is 1. The van der Waals surface area contributed by atoms with Gasteiger partial charge in [0.25, 0.3) is 0 Å². The molecule has 1 aliphatic rings. The van der Waals surface area contributed by atoms with E-state index in [0.717, 1.165) is 19.4 Å². The van der Waals surface area contributed by atoms with Crippen molar-refractivity contribution in [1.29, 1.82) is 5.41 Å². The Hall–Kier alpha value is -1.31. The van der Waals surface area contributed by atoms with Gasteiger partial charge in [-0.1, -0.05) is 24.3 Å². The van der Waals surface area contributed by atoms with Crippen LogP contribution in [0.2, 0.25) is 0 Å². The second-order valence-electron chi connectivity index (χ2n) is 3.70. The van der Waals surface area contributed by atoms with Gasteiger partial charge in [-0.2, -0.15) is 0 Å². The molecule has 0 amide bonds. The molecule has 0 fully saturated rings. The van der Waals surface area contributed by atoms with Crippen molar-refractivity contribution in [3.8, 4) is 0 Å². The average Bonchev–Trinajstić information content (AvgIpc) is 2.31. The van der Waals surface area contributed by atoms with Crippen LogP contribution in [0.25, 0.3) is 0 Å². The first-order valence-corrected chi connectivity index (χ1v) is 5.48. The molecule has 2 heteroatoms. The topological polar surface area (TPSA) is 33.1 Å². The van der Waals surface area contributed by atoms with Crippen LogP contribution in [-0.4, -0.2) is 12.8 Å². The number of rotatable bonds is 5. The third-order valence-corrected chi connectivity index (χ3v) is 2.46. The van der Waals surface area contributed by atoms with Crippen LogP contribution in [0.1, 0.15) is 26.2 Å². The second-order valence-corrected chi connectivity index (χ2v) is 3.70. The van der Waals surface area contributed by atoms with E-state index >= 15 is 0 Å². The molecule has 0 aromatic rings. The van der Waals surface area contributed by atoms with E-state index in [0.29, 0.717) is 11.7 Å². The Labute approximate surface area is 91.8 Å². The zero-order chi connectivity index (χ0) is 10.9. The van der Waals surface area contributed by atoms with Gasteiger partial charge in [0.05, 0.1) is 12.8 Å². The van der Waals surface area contributed by atoms with E-state index in [9.17, 15) is 0 Å². The normalized spacial score (nSPS) is 21.9. The monoisotopic (exact) mass is 205 g/mol. The smallest absolute Gasteiger partial charge is 0.136 e. The molecule has 0 saturated carbocycles. The summed E-state index contributed by atoms with van der Waals surface area (Å²) in [6.07, 6.45) is 14.8.